The van der Waals surface area contributed by atoms with Crippen molar-refractivity contribution in [2.75, 3.05) is 24.6 Å². The molecule has 0 heterocycles. The highest BCUT2D eigenvalue weighted by atomic mass is 32.2. The highest BCUT2D eigenvalue weighted by Gasteiger charge is 2.27. The molecule has 0 aromatic heterocycles. The molecular formula is C25H25N3O6S. The maximum atomic E-state index is 13.3. The van der Waals surface area contributed by atoms with E-state index in [4.69, 9.17) is 4.74 Å². The van der Waals surface area contributed by atoms with E-state index in [9.17, 15) is 18.0 Å². The molecule has 0 bridgehead atoms. The molecule has 0 radical (unpaired) electrons. The summed E-state index contributed by atoms with van der Waals surface area (Å²) in [5.41, 5.74) is 4.29. The molecule has 0 aliphatic rings. The number of carbonyl (C=O) groups excluding carboxylic acids is 2. The number of para-hydroxylation sites is 1. The smallest absolute Gasteiger partial charge is 0.343 e. The van der Waals surface area contributed by atoms with E-state index < -0.39 is 28.4 Å². The Labute approximate surface area is 204 Å². The summed E-state index contributed by atoms with van der Waals surface area (Å²) in [5.74, 6) is -0.637. The third-order valence-electron chi connectivity index (χ3n) is 4.81. The van der Waals surface area contributed by atoms with Crippen LogP contribution < -0.4 is 14.5 Å². The van der Waals surface area contributed by atoms with Crippen LogP contribution in [-0.4, -0.2) is 46.8 Å². The Morgan fingerprint density at radius 2 is 1.63 bits per heavy atom. The lowest BCUT2D eigenvalue weighted by atomic mass is 10.2. The first-order valence-corrected chi connectivity index (χ1v) is 12.0. The van der Waals surface area contributed by atoms with Crippen molar-refractivity contribution in [3.63, 3.8) is 0 Å². The first-order valence-electron chi connectivity index (χ1n) is 10.6. The lowest BCUT2D eigenvalue weighted by molar-refractivity contribution is -0.142. The fraction of sp³-hybridized carbons (Fsp3) is 0.160. The minimum atomic E-state index is -3.99. The van der Waals surface area contributed by atoms with Gasteiger partial charge in [0.1, 0.15) is 12.3 Å². The van der Waals surface area contributed by atoms with E-state index >= 15 is 0 Å². The van der Waals surface area contributed by atoms with Crippen LogP contribution in [-0.2, 0) is 24.3 Å². The van der Waals surface area contributed by atoms with E-state index in [1.165, 1.54) is 25.5 Å². The maximum Gasteiger partial charge on any atom is 0.343 e. The van der Waals surface area contributed by atoms with Crippen LogP contribution in [0.25, 0.3) is 0 Å². The fourth-order valence-corrected chi connectivity index (χ4v) is 4.36. The van der Waals surface area contributed by atoms with Crippen LogP contribution in [0.2, 0.25) is 0 Å². The van der Waals surface area contributed by atoms with Gasteiger partial charge in [-0.25, -0.2) is 18.6 Å². The molecule has 1 amide bonds. The van der Waals surface area contributed by atoms with Gasteiger partial charge in [0.25, 0.3) is 15.9 Å². The van der Waals surface area contributed by atoms with Crippen molar-refractivity contribution in [2.45, 2.75) is 11.8 Å². The predicted octanol–water partition coefficient (Wildman–Crippen LogP) is 2.89. The monoisotopic (exact) mass is 495 g/mol. The number of aryl methyl sites for hydroxylation is 1. The van der Waals surface area contributed by atoms with Crippen molar-refractivity contribution in [2.24, 2.45) is 5.10 Å². The Hall–Kier alpha value is -4.18. The zero-order valence-corrected chi connectivity index (χ0v) is 20.1. The normalized spacial score (nSPS) is 11.1. The molecule has 0 atom stereocenters. The minimum absolute atomic E-state index is 0.0813. The average Bonchev–Trinajstić information content (AvgIpc) is 2.87. The van der Waals surface area contributed by atoms with Gasteiger partial charge in [0.2, 0.25) is 0 Å². The maximum absolute atomic E-state index is 13.3. The first-order chi connectivity index (χ1) is 16.8. The van der Waals surface area contributed by atoms with Gasteiger partial charge in [-0.3, -0.25) is 9.10 Å². The Bertz CT molecular complexity index is 1280. The molecule has 35 heavy (non-hydrogen) atoms. The summed E-state index contributed by atoms with van der Waals surface area (Å²) >= 11 is 0. The molecule has 1 N–H and O–H groups in total. The van der Waals surface area contributed by atoms with Crippen LogP contribution in [0.3, 0.4) is 0 Å². The molecule has 0 saturated carbocycles. The molecule has 3 aromatic carbocycles. The van der Waals surface area contributed by atoms with Crippen molar-refractivity contribution in [1.82, 2.24) is 5.43 Å². The van der Waals surface area contributed by atoms with Gasteiger partial charge in [-0.2, -0.15) is 5.10 Å². The van der Waals surface area contributed by atoms with Crippen LogP contribution >= 0.6 is 0 Å². The number of ether oxygens (including phenoxy) is 2. The number of nitrogens with zero attached hydrogens (tertiary/aromatic N) is 2. The van der Waals surface area contributed by atoms with Gasteiger partial charge in [0.05, 0.1) is 23.9 Å². The van der Waals surface area contributed by atoms with Crippen LogP contribution in [0.5, 0.6) is 5.75 Å². The number of esters is 1. The van der Waals surface area contributed by atoms with Crippen LogP contribution in [0, 0.1) is 6.92 Å². The van der Waals surface area contributed by atoms with Gasteiger partial charge in [-0.1, -0.05) is 35.9 Å². The number of amides is 1. The van der Waals surface area contributed by atoms with Crippen molar-refractivity contribution < 1.29 is 27.5 Å². The quantitative estimate of drug-likeness (QED) is 0.263. The summed E-state index contributed by atoms with van der Waals surface area (Å²) in [5, 5.41) is 3.91. The fourth-order valence-electron chi connectivity index (χ4n) is 2.94. The van der Waals surface area contributed by atoms with Crippen molar-refractivity contribution >= 4 is 33.8 Å². The van der Waals surface area contributed by atoms with Crippen molar-refractivity contribution in [1.29, 1.82) is 0 Å². The molecule has 3 aromatic rings. The van der Waals surface area contributed by atoms with E-state index in [0.717, 1.165) is 9.87 Å². The van der Waals surface area contributed by atoms with E-state index in [2.05, 4.69) is 15.3 Å². The van der Waals surface area contributed by atoms with Gasteiger partial charge < -0.3 is 9.47 Å². The summed E-state index contributed by atoms with van der Waals surface area (Å²) in [6, 6.07) is 21.4. The molecule has 0 saturated heterocycles. The topological polar surface area (TPSA) is 114 Å². The summed E-state index contributed by atoms with van der Waals surface area (Å²) in [6.07, 6.45) is 1.41. The van der Waals surface area contributed by atoms with E-state index in [1.807, 2.05) is 6.92 Å². The third kappa shape index (κ3) is 7.15. The summed E-state index contributed by atoms with van der Waals surface area (Å²) in [4.78, 5) is 23.8. The lowest BCUT2D eigenvalue weighted by Crippen LogP contribution is -2.39. The second-order valence-electron chi connectivity index (χ2n) is 7.39. The molecular weight excluding hydrogens is 470 g/mol. The Kier molecular flexibility index (Phi) is 8.58. The molecule has 9 nitrogen and oxygen atoms in total. The number of methoxy groups -OCH3 is 1. The molecule has 10 heteroatoms. The Morgan fingerprint density at radius 1 is 0.971 bits per heavy atom. The van der Waals surface area contributed by atoms with E-state index in [1.54, 1.807) is 66.7 Å². The van der Waals surface area contributed by atoms with Crippen molar-refractivity contribution in [3.8, 4) is 5.75 Å². The molecule has 3 rings (SSSR count). The molecule has 0 aliphatic heterocycles. The lowest BCUT2D eigenvalue weighted by Gasteiger charge is -2.23. The van der Waals surface area contributed by atoms with Gasteiger partial charge in [0, 0.05) is 0 Å². The van der Waals surface area contributed by atoms with Gasteiger partial charge in [-0.05, 0) is 61.0 Å². The average molecular weight is 496 g/mol. The van der Waals surface area contributed by atoms with Crippen molar-refractivity contribution in [3.05, 3.63) is 90.0 Å². The van der Waals surface area contributed by atoms with Crippen LogP contribution in [0.15, 0.2) is 88.9 Å². The number of carbonyl (C=O) groups is 2. The second-order valence-corrected chi connectivity index (χ2v) is 9.25. The Balaban J connectivity index is 1.68. The van der Waals surface area contributed by atoms with E-state index in [-0.39, 0.29) is 11.5 Å². The van der Waals surface area contributed by atoms with Gasteiger partial charge in [0.15, 0.2) is 6.61 Å². The summed E-state index contributed by atoms with van der Waals surface area (Å²) < 4.78 is 37.4. The zero-order chi connectivity index (χ0) is 25.3. The highest BCUT2D eigenvalue weighted by Crippen LogP contribution is 2.23. The number of sulfonamides is 1. The Morgan fingerprint density at radius 3 is 2.26 bits per heavy atom. The molecule has 0 unspecified atom stereocenters. The van der Waals surface area contributed by atoms with Gasteiger partial charge in [-0.15, -0.1) is 0 Å². The van der Waals surface area contributed by atoms with Crippen LogP contribution in [0.4, 0.5) is 5.69 Å². The molecule has 0 aliphatic carbocycles. The number of hydrogen-bond donors (Lipinski definition) is 1. The SMILES string of the molecule is COC(=O)COc1ccc(/C=N\NC(=O)CN(c2ccccc2)S(=O)(=O)c2ccc(C)cc2)cc1. The summed E-state index contributed by atoms with van der Waals surface area (Å²) in [6.45, 7) is 1.20. The number of nitrogens with one attached hydrogen (secondary N) is 1. The number of anilines is 1. The summed E-state index contributed by atoms with van der Waals surface area (Å²) in [7, 11) is -2.71. The standard InChI is InChI=1S/C25H25N3O6S/c1-19-8-14-23(15-9-19)35(31,32)28(21-6-4-3-5-7-21)17-24(29)27-26-16-20-10-12-22(13-11-20)34-18-25(30)33-2/h3-16H,17-18H2,1-2H3,(H,27,29)/b26-16-. The zero-order valence-electron chi connectivity index (χ0n) is 19.2. The first kappa shape index (κ1) is 25.4. The van der Waals surface area contributed by atoms with Gasteiger partial charge >= 0.3 is 5.97 Å². The molecule has 0 fully saturated rings. The third-order valence-corrected chi connectivity index (χ3v) is 6.60. The number of benzene rings is 3. The molecule has 0 spiro atoms. The minimum Gasteiger partial charge on any atom is -0.482 e. The highest BCUT2D eigenvalue weighted by molar-refractivity contribution is 7.92. The number of hydrogen-bond acceptors (Lipinski definition) is 7. The number of rotatable bonds is 10. The van der Waals surface area contributed by atoms with Crippen LogP contribution in [0.1, 0.15) is 11.1 Å². The largest absolute Gasteiger partial charge is 0.482 e. The second kappa shape index (κ2) is 11.8. The van der Waals surface area contributed by atoms with E-state index in [0.29, 0.717) is 17.0 Å². The predicted molar refractivity (Wildman–Crippen MR) is 132 cm³/mol. The number of hydrazone groups is 1. The molecule has 182 valence electrons.